The van der Waals surface area contributed by atoms with Crippen molar-refractivity contribution in [1.82, 2.24) is 9.80 Å². The maximum Gasteiger partial charge on any atom is 0.240 e. The summed E-state index contributed by atoms with van der Waals surface area (Å²) in [5.41, 5.74) is 0.233. The van der Waals surface area contributed by atoms with E-state index in [4.69, 9.17) is 0 Å². The number of aliphatic hydroxyl groups excluding tert-OH is 1. The van der Waals surface area contributed by atoms with Gasteiger partial charge >= 0.3 is 0 Å². The van der Waals surface area contributed by atoms with Crippen molar-refractivity contribution >= 4 is 5.91 Å². The first-order valence-electron chi connectivity index (χ1n) is 7.74. The molecule has 2 rings (SSSR count). The zero-order valence-corrected chi connectivity index (χ0v) is 13.8. The highest BCUT2D eigenvalue weighted by Gasteiger charge is 2.47. The van der Waals surface area contributed by atoms with Gasteiger partial charge in [-0.15, -0.1) is 0 Å². The van der Waals surface area contributed by atoms with Crippen LogP contribution in [0, 0.1) is 11.3 Å². The third-order valence-electron chi connectivity index (χ3n) is 4.85. The molecule has 1 N–H and O–H groups in total. The lowest BCUT2D eigenvalue weighted by atomic mass is 9.79. The van der Waals surface area contributed by atoms with E-state index in [-0.39, 0.29) is 29.0 Å². The summed E-state index contributed by atoms with van der Waals surface area (Å²) in [6.45, 7) is 15.3. The first kappa shape index (κ1) is 15.8. The maximum absolute atomic E-state index is 12.7. The van der Waals surface area contributed by atoms with E-state index in [1.807, 2.05) is 0 Å². The third-order valence-corrected chi connectivity index (χ3v) is 4.85. The van der Waals surface area contributed by atoms with Crippen LogP contribution in [-0.2, 0) is 4.79 Å². The number of carbonyl (C=O) groups is 1. The second-order valence-corrected chi connectivity index (χ2v) is 8.53. The molecule has 2 heterocycles. The Bertz CT molecular complexity index is 375. The van der Waals surface area contributed by atoms with Gasteiger partial charge < -0.3 is 10.0 Å². The van der Waals surface area contributed by atoms with Crippen molar-refractivity contribution in [2.75, 3.05) is 19.6 Å². The maximum atomic E-state index is 12.7. The Morgan fingerprint density at radius 1 is 1.05 bits per heavy atom. The van der Waals surface area contributed by atoms with Gasteiger partial charge in [-0.25, -0.2) is 0 Å². The molecule has 2 aliphatic heterocycles. The SMILES string of the molecule is CC(C)(C)C1C[C@@H](C(=O)N2CC(O)C2)N(C(C)(C)C)C1. The van der Waals surface area contributed by atoms with Crippen molar-refractivity contribution in [3.05, 3.63) is 0 Å². The van der Waals surface area contributed by atoms with Gasteiger partial charge in [0.1, 0.15) is 0 Å². The zero-order valence-electron chi connectivity index (χ0n) is 13.8. The highest BCUT2D eigenvalue weighted by molar-refractivity contribution is 5.83. The molecule has 2 saturated heterocycles. The fourth-order valence-corrected chi connectivity index (χ4v) is 3.28. The van der Waals surface area contributed by atoms with Crippen LogP contribution in [0.1, 0.15) is 48.0 Å². The summed E-state index contributed by atoms with van der Waals surface area (Å²) in [5.74, 6) is 0.749. The van der Waals surface area contributed by atoms with Crippen molar-refractivity contribution in [1.29, 1.82) is 0 Å². The van der Waals surface area contributed by atoms with Crippen molar-refractivity contribution in [3.63, 3.8) is 0 Å². The number of rotatable bonds is 1. The summed E-state index contributed by atoms with van der Waals surface area (Å²) in [5, 5.41) is 9.41. The van der Waals surface area contributed by atoms with Gasteiger partial charge in [-0.05, 0) is 38.5 Å². The number of hydrogen-bond acceptors (Lipinski definition) is 3. The predicted molar refractivity (Wildman–Crippen MR) is 80.4 cm³/mol. The molecule has 0 saturated carbocycles. The van der Waals surface area contributed by atoms with Crippen molar-refractivity contribution in [2.45, 2.75) is 65.6 Å². The largest absolute Gasteiger partial charge is 0.389 e. The minimum Gasteiger partial charge on any atom is -0.389 e. The molecule has 0 bridgehead atoms. The topological polar surface area (TPSA) is 43.8 Å². The predicted octanol–water partition coefficient (Wildman–Crippen LogP) is 1.72. The van der Waals surface area contributed by atoms with Gasteiger partial charge in [0, 0.05) is 25.2 Å². The van der Waals surface area contributed by atoms with E-state index in [9.17, 15) is 9.90 Å². The van der Waals surface area contributed by atoms with Crippen LogP contribution < -0.4 is 0 Å². The molecule has 4 nitrogen and oxygen atoms in total. The molecule has 0 radical (unpaired) electrons. The molecule has 2 aliphatic rings. The number of nitrogens with zero attached hydrogens (tertiary/aromatic N) is 2. The van der Waals surface area contributed by atoms with E-state index in [1.54, 1.807) is 4.90 Å². The van der Waals surface area contributed by atoms with Crippen LogP contribution in [0.25, 0.3) is 0 Å². The average Bonchev–Trinajstić information content (AvgIpc) is 2.67. The van der Waals surface area contributed by atoms with Gasteiger partial charge in [-0.2, -0.15) is 0 Å². The fourth-order valence-electron chi connectivity index (χ4n) is 3.28. The smallest absolute Gasteiger partial charge is 0.240 e. The van der Waals surface area contributed by atoms with Gasteiger partial charge in [-0.3, -0.25) is 9.69 Å². The molecule has 1 amide bonds. The highest BCUT2D eigenvalue weighted by Crippen LogP contribution is 2.40. The minimum atomic E-state index is -0.318. The Balaban J connectivity index is 2.14. The van der Waals surface area contributed by atoms with E-state index in [1.165, 1.54) is 0 Å². The molecular weight excluding hydrogens is 252 g/mol. The van der Waals surface area contributed by atoms with Crippen molar-refractivity contribution in [2.24, 2.45) is 11.3 Å². The molecule has 2 fully saturated rings. The fraction of sp³-hybridized carbons (Fsp3) is 0.938. The molecule has 1 unspecified atom stereocenters. The van der Waals surface area contributed by atoms with Crippen LogP contribution in [0.2, 0.25) is 0 Å². The zero-order chi connectivity index (χ0) is 15.3. The molecule has 4 heteroatoms. The number of hydrogen-bond donors (Lipinski definition) is 1. The lowest BCUT2D eigenvalue weighted by Gasteiger charge is -2.42. The number of likely N-dealkylation sites (tertiary alicyclic amines) is 2. The molecule has 20 heavy (non-hydrogen) atoms. The van der Waals surface area contributed by atoms with Crippen LogP contribution in [0.5, 0.6) is 0 Å². The van der Waals surface area contributed by atoms with E-state index in [2.05, 4.69) is 46.4 Å². The minimum absolute atomic E-state index is 0.00378. The number of aliphatic hydroxyl groups is 1. The second kappa shape index (κ2) is 4.99. The van der Waals surface area contributed by atoms with Crippen LogP contribution in [0.4, 0.5) is 0 Å². The summed E-state index contributed by atoms with van der Waals surface area (Å²) in [7, 11) is 0. The van der Waals surface area contributed by atoms with Gasteiger partial charge in [0.05, 0.1) is 12.1 Å². The van der Waals surface area contributed by atoms with Gasteiger partial charge in [-0.1, -0.05) is 20.8 Å². The quantitative estimate of drug-likeness (QED) is 0.796. The number of carbonyl (C=O) groups excluding carboxylic acids is 1. The molecular formula is C16H30N2O2. The Morgan fingerprint density at radius 2 is 1.60 bits per heavy atom. The Labute approximate surface area is 123 Å². The summed E-state index contributed by atoms with van der Waals surface area (Å²) in [4.78, 5) is 16.8. The average molecular weight is 282 g/mol. The Hall–Kier alpha value is -0.610. The highest BCUT2D eigenvalue weighted by atomic mass is 16.3. The standard InChI is InChI=1S/C16H30N2O2/c1-15(2,3)11-7-13(18(8-11)16(4,5)6)14(20)17-9-12(19)10-17/h11-13,19H,7-10H2,1-6H3/t11?,13-/m0/s1. The van der Waals surface area contributed by atoms with Crippen LogP contribution >= 0.6 is 0 Å². The Morgan fingerprint density at radius 3 is 2.00 bits per heavy atom. The summed E-state index contributed by atoms with van der Waals surface area (Å²) >= 11 is 0. The molecule has 0 aromatic heterocycles. The van der Waals surface area contributed by atoms with Crippen LogP contribution in [0.15, 0.2) is 0 Å². The molecule has 0 spiro atoms. The molecule has 0 aromatic carbocycles. The normalized spacial score (nSPS) is 29.6. The summed E-state index contributed by atoms with van der Waals surface area (Å²) in [6.07, 6.45) is 0.619. The van der Waals surface area contributed by atoms with Gasteiger partial charge in [0.2, 0.25) is 5.91 Å². The molecule has 116 valence electrons. The number of amides is 1. The molecule has 0 aromatic rings. The lowest BCUT2D eigenvalue weighted by molar-refractivity contribution is -0.147. The van der Waals surface area contributed by atoms with Crippen LogP contribution in [0.3, 0.4) is 0 Å². The summed E-state index contributed by atoms with van der Waals surface area (Å²) in [6, 6.07) is -0.0216. The second-order valence-electron chi connectivity index (χ2n) is 8.53. The molecule has 0 aliphatic carbocycles. The van der Waals surface area contributed by atoms with Gasteiger partial charge in [0.25, 0.3) is 0 Å². The monoisotopic (exact) mass is 282 g/mol. The summed E-state index contributed by atoms with van der Waals surface area (Å²) < 4.78 is 0. The van der Waals surface area contributed by atoms with E-state index in [0.29, 0.717) is 19.0 Å². The van der Waals surface area contributed by atoms with Gasteiger partial charge in [0.15, 0.2) is 0 Å². The third kappa shape index (κ3) is 3.01. The van der Waals surface area contributed by atoms with Crippen molar-refractivity contribution in [3.8, 4) is 0 Å². The Kier molecular flexibility index (Phi) is 3.93. The first-order valence-corrected chi connectivity index (χ1v) is 7.74. The van der Waals surface area contributed by atoms with Crippen LogP contribution in [-0.4, -0.2) is 58.1 Å². The first-order chi connectivity index (χ1) is 9.00. The van der Waals surface area contributed by atoms with E-state index < -0.39 is 0 Å². The molecule has 2 atom stereocenters. The van der Waals surface area contributed by atoms with Crippen molar-refractivity contribution < 1.29 is 9.90 Å². The van der Waals surface area contributed by atoms with E-state index >= 15 is 0 Å². The lowest BCUT2D eigenvalue weighted by Crippen LogP contribution is -2.60. The number of β-amino-alcohol motifs (C(OH)–C–C–N with tert-alkyl or cyclic N) is 1. The van der Waals surface area contributed by atoms with E-state index in [0.717, 1.165) is 13.0 Å².